The maximum absolute atomic E-state index is 12.0. The highest BCUT2D eigenvalue weighted by atomic mass is 35.5. The first-order valence-electron chi connectivity index (χ1n) is 7.38. The molecule has 1 aliphatic carbocycles. The molecule has 2 amide bonds. The maximum atomic E-state index is 12.0. The minimum Gasteiger partial charge on any atom is -0.356 e. The molecule has 0 aromatic carbocycles. The normalized spacial score (nSPS) is 19.4. The predicted octanol–water partition coefficient (Wildman–Crippen LogP) is 0.782. The molecule has 1 saturated carbocycles. The van der Waals surface area contributed by atoms with Crippen LogP contribution in [0.5, 0.6) is 0 Å². The smallest absolute Gasteiger partial charge is 0.236 e. The van der Waals surface area contributed by atoms with Gasteiger partial charge in [0.1, 0.15) is 0 Å². The van der Waals surface area contributed by atoms with Crippen LogP contribution in [0.25, 0.3) is 0 Å². The van der Waals surface area contributed by atoms with Crippen molar-refractivity contribution in [3.8, 4) is 0 Å². The van der Waals surface area contributed by atoms with Gasteiger partial charge in [-0.15, -0.1) is 12.4 Å². The number of hydrogen-bond acceptors (Lipinski definition) is 3. The van der Waals surface area contributed by atoms with Gasteiger partial charge < -0.3 is 15.5 Å². The number of carbonyl (C=O) groups is 2. The summed E-state index contributed by atoms with van der Waals surface area (Å²) in [4.78, 5) is 24.8. The lowest BCUT2D eigenvalue weighted by Gasteiger charge is -2.32. The third kappa shape index (κ3) is 6.09. The van der Waals surface area contributed by atoms with Crippen molar-refractivity contribution in [3.05, 3.63) is 0 Å². The molecule has 20 heavy (non-hydrogen) atoms. The Balaban J connectivity index is 0.00000200. The Labute approximate surface area is 127 Å². The summed E-state index contributed by atoms with van der Waals surface area (Å²) in [7, 11) is 0. The summed E-state index contributed by atoms with van der Waals surface area (Å²) < 4.78 is 0. The van der Waals surface area contributed by atoms with Gasteiger partial charge in [0.25, 0.3) is 0 Å². The zero-order valence-electron chi connectivity index (χ0n) is 12.2. The lowest BCUT2D eigenvalue weighted by Crippen LogP contribution is -2.44. The van der Waals surface area contributed by atoms with Gasteiger partial charge in [-0.2, -0.15) is 0 Å². The molecular formula is C14H26ClN3O2. The molecule has 2 fully saturated rings. The van der Waals surface area contributed by atoms with E-state index in [0.29, 0.717) is 12.5 Å². The summed E-state index contributed by atoms with van der Waals surface area (Å²) >= 11 is 0. The first-order valence-corrected chi connectivity index (χ1v) is 7.38. The van der Waals surface area contributed by atoms with Crippen molar-refractivity contribution in [3.63, 3.8) is 0 Å². The number of carbonyl (C=O) groups excluding carboxylic acids is 2. The molecular weight excluding hydrogens is 278 g/mol. The van der Waals surface area contributed by atoms with Crippen LogP contribution < -0.4 is 10.6 Å². The molecule has 0 unspecified atom stereocenters. The molecule has 6 heteroatoms. The second-order valence-corrected chi connectivity index (χ2v) is 5.84. The molecule has 0 bridgehead atoms. The zero-order chi connectivity index (χ0) is 13.7. The molecule has 2 N–H and O–H groups in total. The molecule has 2 aliphatic rings. The fourth-order valence-corrected chi connectivity index (χ4v) is 2.49. The van der Waals surface area contributed by atoms with Crippen LogP contribution in [0.2, 0.25) is 0 Å². The Morgan fingerprint density at radius 1 is 1.05 bits per heavy atom. The van der Waals surface area contributed by atoms with Crippen molar-refractivity contribution in [1.82, 2.24) is 15.5 Å². The summed E-state index contributed by atoms with van der Waals surface area (Å²) in [5.74, 6) is 1.59. The maximum Gasteiger partial charge on any atom is 0.236 e. The SMILES string of the molecule is CC(=O)NCC1CCN(C(=O)CNCC2CC2)CC1.Cl. The Morgan fingerprint density at radius 3 is 2.20 bits per heavy atom. The standard InChI is InChI=1S/C14H25N3O2.ClH/c1-11(18)16-9-13-4-6-17(7-5-13)14(19)10-15-8-12-2-3-12;/h12-13,15H,2-10H2,1H3,(H,16,18);1H. The van der Waals surface area contributed by atoms with Crippen molar-refractivity contribution in [1.29, 1.82) is 0 Å². The molecule has 1 aliphatic heterocycles. The topological polar surface area (TPSA) is 61.4 Å². The number of rotatable bonds is 6. The highest BCUT2D eigenvalue weighted by Crippen LogP contribution is 2.27. The monoisotopic (exact) mass is 303 g/mol. The summed E-state index contributed by atoms with van der Waals surface area (Å²) in [5.41, 5.74) is 0. The lowest BCUT2D eigenvalue weighted by molar-refractivity contribution is -0.131. The van der Waals surface area contributed by atoms with Crippen molar-refractivity contribution in [2.24, 2.45) is 11.8 Å². The number of nitrogens with one attached hydrogen (secondary N) is 2. The summed E-state index contributed by atoms with van der Waals surface area (Å²) in [6, 6.07) is 0. The van der Waals surface area contributed by atoms with Crippen LogP contribution >= 0.6 is 12.4 Å². The lowest BCUT2D eigenvalue weighted by atomic mass is 9.97. The van der Waals surface area contributed by atoms with Crippen molar-refractivity contribution >= 4 is 24.2 Å². The first-order chi connectivity index (χ1) is 9.15. The molecule has 5 nitrogen and oxygen atoms in total. The van der Waals surface area contributed by atoms with Crippen LogP contribution in [-0.2, 0) is 9.59 Å². The quantitative estimate of drug-likeness (QED) is 0.762. The van der Waals surface area contributed by atoms with E-state index < -0.39 is 0 Å². The third-order valence-corrected chi connectivity index (χ3v) is 4.01. The molecule has 1 heterocycles. The van der Waals surface area contributed by atoms with Crippen LogP contribution in [0.1, 0.15) is 32.6 Å². The Bertz CT molecular complexity index is 326. The molecule has 0 atom stereocenters. The van der Waals surface area contributed by atoms with E-state index in [1.165, 1.54) is 12.8 Å². The second kappa shape index (κ2) is 8.47. The van der Waals surface area contributed by atoms with Crippen LogP contribution in [0.4, 0.5) is 0 Å². The number of halogens is 1. The van der Waals surface area contributed by atoms with Crippen LogP contribution in [0.3, 0.4) is 0 Å². The predicted molar refractivity (Wildman–Crippen MR) is 80.8 cm³/mol. The average Bonchev–Trinajstić information content (AvgIpc) is 3.21. The van der Waals surface area contributed by atoms with Gasteiger partial charge in [0.2, 0.25) is 11.8 Å². The molecule has 0 aromatic heterocycles. The molecule has 1 saturated heterocycles. The van der Waals surface area contributed by atoms with Crippen molar-refractivity contribution < 1.29 is 9.59 Å². The van der Waals surface area contributed by atoms with Crippen molar-refractivity contribution in [2.45, 2.75) is 32.6 Å². The number of amides is 2. The third-order valence-electron chi connectivity index (χ3n) is 4.01. The summed E-state index contributed by atoms with van der Waals surface area (Å²) in [6.07, 6.45) is 4.62. The minimum atomic E-state index is 0. The first kappa shape index (κ1) is 17.2. The Kier molecular flexibility index (Phi) is 7.30. The second-order valence-electron chi connectivity index (χ2n) is 5.84. The van der Waals surface area contributed by atoms with E-state index in [4.69, 9.17) is 0 Å². The van der Waals surface area contributed by atoms with Crippen LogP contribution in [-0.4, -0.2) is 49.4 Å². The van der Waals surface area contributed by atoms with Crippen LogP contribution in [0, 0.1) is 11.8 Å². The van der Waals surface area contributed by atoms with Gasteiger partial charge in [-0.25, -0.2) is 0 Å². The fourth-order valence-electron chi connectivity index (χ4n) is 2.49. The van der Waals surface area contributed by atoms with Gasteiger partial charge in [0, 0.05) is 26.6 Å². The Morgan fingerprint density at radius 2 is 1.65 bits per heavy atom. The van der Waals surface area contributed by atoms with Gasteiger partial charge >= 0.3 is 0 Å². The molecule has 0 radical (unpaired) electrons. The molecule has 2 rings (SSSR count). The van der Waals surface area contributed by atoms with Gasteiger partial charge in [0.05, 0.1) is 6.54 Å². The van der Waals surface area contributed by atoms with E-state index in [2.05, 4.69) is 10.6 Å². The van der Waals surface area contributed by atoms with Gasteiger partial charge in [-0.1, -0.05) is 0 Å². The number of piperidine rings is 1. The Hall–Kier alpha value is -0.810. The molecule has 116 valence electrons. The van der Waals surface area contributed by atoms with E-state index in [0.717, 1.165) is 44.9 Å². The van der Waals surface area contributed by atoms with E-state index >= 15 is 0 Å². The van der Waals surface area contributed by atoms with E-state index in [1.807, 2.05) is 4.90 Å². The van der Waals surface area contributed by atoms with E-state index in [9.17, 15) is 9.59 Å². The summed E-state index contributed by atoms with van der Waals surface area (Å²) in [5, 5.41) is 6.11. The van der Waals surface area contributed by atoms with Crippen LogP contribution in [0.15, 0.2) is 0 Å². The van der Waals surface area contributed by atoms with Crippen molar-refractivity contribution in [2.75, 3.05) is 32.7 Å². The molecule has 0 spiro atoms. The van der Waals surface area contributed by atoms with Gasteiger partial charge in [-0.3, -0.25) is 9.59 Å². The van der Waals surface area contributed by atoms with E-state index in [1.54, 1.807) is 6.92 Å². The van der Waals surface area contributed by atoms with E-state index in [-0.39, 0.29) is 24.2 Å². The van der Waals surface area contributed by atoms with Gasteiger partial charge in [-0.05, 0) is 44.1 Å². The highest BCUT2D eigenvalue weighted by molar-refractivity contribution is 5.85. The highest BCUT2D eigenvalue weighted by Gasteiger charge is 2.24. The summed E-state index contributed by atoms with van der Waals surface area (Å²) in [6.45, 7) is 5.42. The fraction of sp³-hybridized carbons (Fsp3) is 0.857. The number of nitrogens with zero attached hydrogens (tertiary/aromatic N) is 1. The van der Waals surface area contributed by atoms with Gasteiger partial charge in [0.15, 0.2) is 0 Å². The molecule has 0 aromatic rings. The largest absolute Gasteiger partial charge is 0.356 e. The number of hydrogen-bond donors (Lipinski definition) is 2. The zero-order valence-corrected chi connectivity index (χ0v) is 13.0. The minimum absolute atomic E-state index is 0. The number of likely N-dealkylation sites (tertiary alicyclic amines) is 1. The average molecular weight is 304 g/mol.